The maximum atomic E-state index is 13.1. The zero-order valence-corrected chi connectivity index (χ0v) is 16.2. The molecule has 1 heterocycles. The van der Waals surface area contributed by atoms with Crippen molar-refractivity contribution in [2.75, 3.05) is 57.7 Å². The summed E-state index contributed by atoms with van der Waals surface area (Å²) in [6.45, 7) is 2.48. The monoisotopic (exact) mass is 389 g/mol. The molecular weight excluding hydrogens is 365 g/mol. The van der Waals surface area contributed by atoms with E-state index in [1.165, 1.54) is 33.5 Å². The molecule has 2 aromatic rings. The minimum atomic E-state index is -0.257. The lowest BCUT2D eigenvalue weighted by Crippen LogP contribution is -2.50. The lowest BCUT2D eigenvalue weighted by molar-refractivity contribution is 0.208. The average Bonchev–Trinajstić information content (AvgIpc) is 2.73. The molecule has 0 aromatic heterocycles. The summed E-state index contributed by atoms with van der Waals surface area (Å²) < 4.78 is 29.0. The summed E-state index contributed by atoms with van der Waals surface area (Å²) in [6, 6.07) is 9.56. The van der Waals surface area contributed by atoms with Crippen LogP contribution in [0.25, 0.3) is 0 Å². The molecule has 0 saturated carbocycles. The molecule has 0 radical (unpaired) electrons. The number of hydrogen-bond donors (Lipinski definition) is 1. The molecule has 7 nitrogen and oxygen atoms in total. The zero-order chi connectivity index (χ0) is 20.1. The van der Waals surface area contributed by atoms with Crippen molar-refractivity contribution in [1.29, 1.82) is 0 Å². The summed E-state index contributed by atoms with van der Waals surface area (Å²) in [7, 11) is 4.58. The van der Waals surface area contributed by atoms with E-state index in [4.69, 9.17) is 14.2 Å². The fourth-order valence-corrected chi connectivity index (χ4v) is 3.18. The van der Waals surface area contributed by atoms with Crippen molar-refractivity contribution in [3.63, 3.8) is 0 Å². The van der Waals surface area contributed by atoms with Crippen LogP contribution in [0.4, 0.5) is 20.6 Å². The smallest absolute Gasteiger partial charge is 0.321 e. The van der Waals surface area contributed by atoms with Crippen molar-refractivity contribution < 1.29 is 23.4 Å². The van der Waals surface area contributed by atoms with Gasteiger partial charge in [0.1, 0.15) is 5.82 Å². The maximum Gasteiger partial charge on any atom is 0.321 e. The Kier molecular flexibility index (Phi) is 6.08. The first-order valence-corrected chi connectivity index (χ1v) is 8.92. The van der Waals surface area contributed by atoms with Gasteiger partial charge in [0.05, 0.1) is 27.0 Å². The van der Waals surface area contributed by atoms with Gasteiger partial charge >= 0.3 is 6.03 Å². The van der Waals surface area contributed by atoms with Gasteiger partial charge in [0.25, 0.3) is 0 Å². The van der Waals surface area contributed by atoms with E-state index >= 15 is 0 Å². The van der Waals surface area contributed by atoms with Gasteiger partial charge in [0, 0.05) is 44.0 Å². The minimum Gasteiger partial charge on any atom is -0.493 e. The number of nitrogens with zero attached hydrogens (tertiary/aromatic N) is 2. The minimum absolute atomic E-state index is 0.201. The Morgan fingerprint density at radius 2 is 1.50 bits per heavy atom. The van der Waals surface area contributed by atoms with E-state index in [1.54, 1.807) is 29.2 Å². The van der Waals surface area contributed by atoms with Crippen LogP contribution in [0.5, 0.6) is 17.2 Å². The lowest BCUT2D eigenvalue weighted by atomic mass is 10.2. The van der Waals surface area contributed by atoms with Crippen molar-refractivity contribution in [2.45, 2.75) is 0 Å². The fourth-order valence-electron chi connectivity index (χ4n) is 3.18. The predicted molar refractivity (Wildman–Crippen MR) is 105 cm³/mol. The lowest BCUT2D eigenvalue weighted by Gasteiger charge is -2.36. The Labute approximate surface area is 163 Å². The van der Waals surface area contributed by atoms with Crippen LogP contribution in [0.2, 0.25) is 0 Å². The number of carbonyl (C=O) groups is 1. The quantitative estimate of drug-likeness (QED) is 0.851. The summed E-state index contributed by atoms with van der Waals surface area (Å²) >= 11 is 0. The van der Waals surface area contributed by atoms with Crippen molar-refractivity contribution >= 4 is 17.4 Å². The second-order valence-corrected chi connectivity index (χ2v) is 6.29. The van der Waals surface area contributed by atoms with E-state index in [9.17, 15) is 9.18 Å². The predicted octanol–water partition coefficient (Wildman–Crippen LogP) is 3.21. The number of halogens is 1. The van der Waals surface area contributed by atoms with Gasteiger partial charge in [-0.05, 0) is 24.3 Å². The number of hydrogen-bond acceptors (Lipinski definition) is 5. The molecule has 1 aliphatic rings. The van der Waals surface area contributed by atoms with Gasteiger partial charge in [-0.25, -0.2) is 9.18 Å². The van der Waals surface area contributed by atoms with Gasteiger partial charge in [0.2, 0.25) is 5.75 Å². The first-order valence-electron chi connectivity index (χ1n) is 8.92. The molecule has 0 bridgehead atoms. The van der Waals surface area contributed by atoms with E-state index < -0.39 is 0 Å². The molecule has 2 amide bonds. The second-order valence-electron chi connectivity index (χ2n) is 6.29. The average molecular weight is 389 g/mol. The summed E-state index contributed by atoms with van der Waals surface area (Å²) in [6.07, 6.45) is 0. The van der Waals surface area contributed by atoms with E-state index in [1.807, 2.05) is 0 Å². The number of ether oxygens (including phenoxy) is 3. The molecule has 0 atom stereocenters. The molecule has 1 N–H and O–H groups in total. The number of rotatable bonds is 5. The Balaban J connectivity index is 1.63. The van der Waals surface area contributed by atoms with Crippen LogP contribution >= 0.6 is 0 Å². The topological polar surface area (TPSA) is 63.3 Å². The highest BCUT2D eigenvalue weighted by Crippen LogP contribution is 2.40. The molecular formula is C20H24FN3O4. The second kappa shape index (κ2) is 8.69. The van der Waals surface area contributed by atoms with E-state index in [0.29, 0.717) is 49.1 Å². The molecule has 150 valence electrons. The largest absolute Gasteiger partial charge is 0.493 e. The van der Waals surface area contributed by atoms with Crippen molar-refractivity contribution in [3.05, 3.63) is 42.2 Å². The van der Waals surface area contributed by atoms with Crippen LogP contribution in [-0.4, -0.2) is 58.4 Å². The third kappa shape index (κ3) is 4.21. The number of piperazine rings is 1. The highest BCUT2D eigenvalue weighted by Gasteiger charge is 2.22. The van der Waals surface area contributed by atoms with Gasteiger partial charge < -0.3 is 29.3 Å². The maximum absolute atomic E-state index is 13.1. The molecule has 0 aliphatic carbocycles. The van der Waals surface area contributed by atoms with E-state index in [2.05, 4.69) is 10.2 Å². The summed E-state index contributed by atoms with van der Waals surface area (Å²) in [5.41, 5.74) is 1.51. The first kappa shape index (κ1) is 19.6. The normalized spacial score (nSPS) is 13.9. The Morgan fingerprint density at radius 1 is 0.929 bits per heavy atom. The molecule has 0 unspecified atom stereocenters. The molecule has 3 rings (SSSR count). The molecule has 1 saturated heterocycles. The number of urea groups is 1. The third-order valence-electron chi connectivity index (χ3n) is 4.67. The summed E-state index contributed by atoms with van der Waals surface area (Å²) in [5, 5.41) is 2.88. The number of amides is 2. The van der Waals surface area contributed by atoms with Crippen LogP contribution in [0.1, 0.15) is 0 Å². The van der Waals surface area contributed by atoms with Crippen LogP contribution < -0.4 is 24.4 Å². The number of methoxy groups -OCH3 is 3. The van der Waals surface area contributed by atoms with Gasteiger partial charge in [-0.3, -0.25) is 0 Å². The zero-order valence-electron chi connectivity index (χ0n) is 16.2. The SMILES string of the molecule is COc1cc(NC(=O)N2CCN(c3ccc(F)cc3)CC2)cc(OC)c1OC. The number of carbonyl (C=O) groups excluding carboxylic acids is 1. The van der Waals surface area contributed by atoms with E-state index in [0.717, 1.165) is 5.69 Å². The van der Waals surface area contributed by atoms with Crippen molar-refractivity contribution in [1.82, 2.24) is 4.90 Å². The van der Waals surface area contributed by atoms with Crippen LogP contribution in [0, 0.1) is 5.82 Å². The third-order valence-corrected chi connectivity index (χ3v) is 4.67. The molecule has 1 aliphatic heterocycles. The molecule has 0 spiro atoms. The van der Waals surface area contributed by atoms with E-state index in [-0.39, 0.29) is 11.8 Å². The summed E-state index contributed by atoms with van der Waals surface area (Å²) in [4.78, 5) is 16.5. The molecule has 28 heavy (non-hydrogen) atoms. The van der Waals surface area contributed by atoms with Crippen molar-refractivity contribution in [3.8, 4) is 17.2 Å². The first-order chi connectivity index (χ1) is 13.5. The van der Waals surface area contributed by atoms with Gasteiger partial charge in [-0.15, -0.1) is 0 Å². The Hall–Kier alpha value is -3.16. The summed E-state index contributed by atoms with van der Waals surface area (Å²) in [5.74, 6) is 1.15. The van der Waals surface area contributed by atoms with Gasteiger partial charge in [-0.1, -0.05) is 0 Å². The van der Waals surface area contributed by atoms with Gasteiger partial charge in [0.15, 0.2) is 11.5 Å². The molecule has 8 heteroatoms. The van der Waals surface area contributed by atoms with Crippen LogP contribution in [0.15, 0.2) is 36.4 Å². The molecule has 1 fully saturated rings. The standard InChI is InChI=1S/C20H24FN3O4/c1-26-17-12-15(13-18(27-2)19(17)28-3)22-20(25)24-10-8-23(9-11-24)16-6-4-14(21)5-7-16/h4-7,12-13H,8-11H2,1-3H3,(H,22,25). The van der Waals surface area contributed by atoms with Crippen LogP contribution in [-0.2, 0) is 0 Å². The highest BCUT2D eigenvalue weighted by molar-refractivity contribution is 5.90. The van der Waals surface area contributed by atoms with Crippen LogP contribution in [0.3, 0.4) is 0 Å². The Morgan fingerprint density at radius 3 is 2.00 bits per heavy atom. The number of benzene rings is 2. The number of nitrogens with one attached hydrogen (secondary N) is 1. The van der Waals surface area contributed by atoms with Crippen molar-refractivity contribution in [2.24, 2.45) is 0 Å². The number of anilines is 2. The Bertz CT molecular complexity index is 796. The fraction of sp³-hybridized carbons (Fsp3) is 0.350. The molecule has 2 aromatic carbocycles. The highest BCUT2D eigenvalue weighted by atomic mass is 19.1. The van der Waals surface area contributed by atoms with Gasteiger partial charge in [-0.2, -0.15) is 0 Å².